The Balaban J connectivity index is 1.33. The fraction of sp³-hybridized carbons (Fsp3) is 0.483. The largest absolute Gasteiger partial charge is 0.461 e. The van der Waals surface area contributed by atoms with Gasteiger partial charge < -0.3 is 20.7 Å². The second-order valence-corrected chi connectivity index (χ2v) is 13.2. The van der Waals surface area contributed by atoms with Gasteiger partial charge in [-0.2, -0.15) is 23.1 Å². The van der Waals surface area contributed by atoms with Crippen LogP contribution in [0.3, 0.4) is 0 Å². The molecule has 4 atom stereocenters. The average molecular weight is 636 g/mol. The molecular formula is C29H27F6N7OS. The van der Waals surface area contributed by atoms with Crippen molar-refractivity contribution in [3.8, 4) is 17.1 Å². The normalized spacial score (nSPS) is 26.9. The summed E-state index contributed by atoms with van der Waals surface area (Å²) in [6.45, 7) is 2.19. The number of hydrogen-bond acceptors (Lipinski definition) is 9. The third-order valence-electron chi connectivity index (χ3n) is 9.54. The maximum absolute atomic E-state index is 16.7. The van der Waals surface area contributed by atoms with Crippen LogP contribution in [0.1, 0.15) is 31.2 Å². The predicted octanol–water partition coefficient (Wildman–Crippen LogP) is 5.29. The molecule has 4 aliphatic rings. The second-order valence-electron chi connectivity index (χ2n) is 12.2. The summed E-state index contributed by atoms with van der Waals surface area (Å²) in [4.78, 5) is 16.9. The first-order valence-corrected chi connectivity index (χ1v) is 15.3. The number of halogens is 6. The number of benzene rings is 2. The Labute approximate surface area is 251 Å². The maximum Gasteiger partial charge on any atom is 0.417 e. The summed E-state index contributed by atoms with van der Waals surface area (Å²) in [5.41, 5.74) is 2.38. The molecule has 6 heterocycles. The van der Waals surface area contributed by atoms with E-state index in [9.17, 15) is 22.0 Å². The number of ether oxygens (including phenoxy) is 1. The van der Waals surface area contributed by atoms with Crippen LogP contribution in [0.5, 0.6) is 6.01 Å². The summed E-state index contributed by atoms with van der Waals surface area (Å²) in [6.07, 6.45) is -3.31. The predicted molar refractivity (Wildman–Crippen MR) is 154 cm³/mol. The molecule has 2 unspecified atom stereocenters. The van der Waals surface area contributed by atoms with Crippen molar-refractivity contribution in [2.75, 3.05) is 43.4 Å². The van der Waals surface area contributed by atoms with E-state index in [4.69, 9.17) is 10.5 Å². The second kappa shape index (κ2) is 9.78. The van der Waals surface area contributed by atoms with Crippen LogP contribution in [0.15, 0.2) is 18.2 Å². The number of nitrogens with two attached hydrogens (primary N) is 1. The third kappa shape index (κ3) is 4.30. The SMILES string of the molecule is Nc1nc2c(-c3c(C(F)(F)F)cc4c(N5CC6CC5CN6)nc(OC[C@@]56CCCN5C[C@H](F)C6)nc4c3F)ccc(F)c2s1. The van der Waals surface area contributed by atoms with Crippen LogP contribution in [0, 0.1) is 11.6 Å². The fourth-order valence-electron chi connectivity index (χ4n) is 7.62. The number of thiazole rings is 1. The number of aromatic nitrogens is 3. The molecule has 0 aliphatic carbocycles. The first kappa shape index (κ1) is 28.1. The highest BCUT2D eigenvalue weighted by Crippen LogP contribution is 2.47. The number of piperazine rings is 1. The van der Waals surface area contributed by atoms with Gasteiger partial charge in [-0.15, -0.1) is 0 Å². The zero-order chi connectivity index (χ0) is 30.5. The molecule has 4 fully saturated rings. The van der Waals surface area contributed by atoms with E-state index in [-0.39, 0.29) is 62.3 Å². The van der Waals surface area contributed by atoms with Crippen molar-refractivity contribution in [3.05, 3.63) is 35.4 Å². The Hall–Kier alpha value is -3.43. The van der Waals surface area contributed by atoms with Gasteiger partial charge in [-0.3, -0.25) is 4.90 Å². The molecule has 8 rings (SSSR count). The topological polar surface area (TPSA) is 92.4 Å². The van der Waals surface area contributed by atoms with Crippen LogP contribution in [-0.4, -0.2) is 76.4 Å². The Kier molecular flexibility index (Phi) is 6.24. The summed E-state index contributed by atoms with van der Waals surface area (Å²) >= 11 is 0.764. The molecule has 4 aliphatic heterocycles. The molecule has 2 aromatic carbocycles. The monoisotopic (exact) mass is 635 g/mol. The molecule has 8 nitrogen and oxygen atoms in total. The number of hydrogen-bond donors (Lipinski definition) is 2. The minimum Gasteiger partial charge on any atom is -0.461 e. The van der Waals surface area contributed by atoms with Crippen LogP contribution >= 0.6 is 11.3 Å². The Morgan fingerprint density at radius 2 is 1.98 bits per heavy atom. The molecule has 4 aromatic rings. The van der Waals surface area contributed by atoms with Crippen molar-refractivity contribution in [3.63, 3.8) is 0 Å². The Bertz CT molecular complexity index is 1820. The van der Waals surface area contributed by atoms with Gasteiger partial charge in [0.05, 0.1) is 21.3 Å². The van der Waals surface area contributed by atoms with Gasteiger partial charge in [-0.05, 0) is 44.0 Å². The molecule has 0 spiro atoms. The highest BCUT2D eigenvalue weighted by molar-refractivity contribution is 7.22. The van der Waals surface area contributed by atoms with E-state index in [0.717, 1.165) is 55.3 Å². The van der Waals surface area contributed by atoms with E-state index >= 15 is 4.39 Å². The lowest BCUT2D eigenvalue weighted by atomic mass is 9.95. The van der Waals surface area contributed by atoms with Gasteiger partial charge in [0.25, 0.3) is 0 Å². The van der Waals surface area contributed by atoms with Crippen LogP contribution in [-0.2, 0) is 6.18 Å². The molecule has 2 aromatic heterocycles. The van der Waals surface area contributed by atoms with Gasteiger partial charge >= 0.3 is 12.2 Å². The van der Waals surface area contributed by atoms with Crippen LogP contribution < -0.4 is 20.7 Å². The summed E-state index contributed by atoms with van der Waals surface area (Å²) in [7, 11) is 0. The number of nitrogens with one attached hydrogen (secondary N) is 1. The van der Waals surface area contributed by atoms with Crippen LogP contribution in [0.2, 0.25) is 0 Å². The average Bonchev–Trinajstić information content (AvgIpc) is 3.79. The molecule has 3 N–H and O–H groups in total. The number of anilines is 2. The lowest BCUT2D eigenvalue weighted by molar-refractivity contribution is -0.137. The van der Waals surface area contributed by atoms with Gasteiger partial charge in [0.15, 0.2) is 10.9 Å². The smallest absolute Gasteiger partial charge is 0.417 e. The van der Waals surface area contributed by atoms with Gasteiger partial charge in [0.2, 0.25) is 0 Å². The van der Waals surface area contributed by atoms with Gasteiger partial charge in [0, 0.05) is 54.7 Å². The fourth-order valence-corrected chi connectivity index (χ4v) is 8.39. The Morgan fingerprint density at radius 1 is 1.14 bits per heavy atom. The first-order chi connectivity index (χ1) is 21.0. The van der Waals surface area contributed by atoms with Crippen molar-refractivity contribution in [1.82, 2.24) is 25.2 Å². The van der Waals surface area contributed by atoms with Gasteiger partial charge in [-0.1, -0.05) is 11.3 Å². The summed E-state index contributed by atoms with van der Waals surface area (Å²) in [5.74, 6) is -1.84. The minimum absolute atomic E-state index is 0.0521. The van der Waals surface area contributed by atoms with Gasteiger partial charge in [0.1, 0.15) is 29.9 Å². The lowest BCUT2D eigenvalue weighted by Crippen LogP contribution is -2.44. The zero-order valence-electron chi connectivity index (χ0n) is 23.2. The van der Waals surface area contributed by atoms with Crippen molar-refractivity contribution in [2.45, 2.75) is 55.7 Å². The van der Waals surface area contributed by atoms with Crippen molar-refractivity contribution < 1.29 is 31.1 Å². The number of rotatable bonds is 5. The molecule has 2 bridgehead atoms. The summed E-state index contributed by atoms with van der Waals surface area (Å²) < 4.78 is 95.8. The van der Waals surface area contributed by atoms with Crippen LogP contribution in [0.25, 0.3) is 32.2 Å². The Morgan fingerprint density at radius 3 is 2.73 bits per heavy atom. The van der Waals surface area contributed by atoms with E-state index < -0.39 is 40.6 Å². The summed E-state index contributed by atoms with van der Waals surface area (Å²) in [5, 5.41) is 3.17. The van der Waals surface area contributed by atoms with Crippen molar-refractivity contribution in [2.24, 2.45) is 0 Å². The highest BCUT2D eigenvalue weighted by atomic mass is 32.1. The minimum atomic E-state index is -4.98. The summed E-state index contributed by atoms with van der Waals surface area (Å²) in [6, 6.07) is 2.78. The van der Waals surface area contributed by atoms with E-state index in [1.54, 1.807) is 0 Å². The van der Waals surface area contributed by atoms with E-state index in [1.807, 2.05) is 4.90 Å². The quantitative estimate of drug-likeness (QED) is 0.286. The molecule has 0 radical (unpaired) electrons. The van der Waals surface area contributed by atoms with Crippen molar-refractivity contribution >= 4 is 43.4 Å². The van der Waals surface area contributed by atoms with Gasteiger partial charge in [-0.25, -0.2) is 18.2 Å². The van der Waals surface area contributed by atoms with E-state index in [2.05, 4.69) is 25.2 Å². The molecular weight excluding hydrogens is 608 g/mol. The number of fused-ring (bicyclic) bond motifs is 5. The molecule has 4 saturated heterocycles. The number of alkyl halides is 4. The molecule has 232 valence electrons. The third-order valence-corrected chi connectivity index (χ3v) is 10.4. The lowest BCUT2D eigenvalue weighted by Gasteiger charge is -2.32. The van der Waals surface area contributed by atoms with Crippen molar-refractivity contribution in [1.29, 1.82) is 0 Å². The highest BCUT2D eigenvalue weighted by Gasteiger charge is 2.49. The standard InChI is InChI=1S/C29H27F6N7OS/c30-13-8-28(4-1-5-41(28)10-13)12-43-27-39-22-17(25(40-27)42-11-14-6-15(42)9-37-14)7-18(29(33,34)35)20(21(22)32)16-2-3-19(31)24-23(16)38-26(36)44-24/h2-3,7,13-15,37H,1,4-6,8-12H2,(H2,36,38)/t13-,14?,15?,28+/m1/s1. The van der Waals surface area contributed by atoms with E-state index in [0.29, 0.717) is 26.1 Å². The molecule has 15 heteroatoms. The molecule has 44 heavy (non-hydrogen) atoms. The first-order valence-electron chi connectivity index (χ1n) is 14.5. The maximum atomic E-state index is 16.7. The van der Waals surface area contributed by atoms with E-state index in [1.165, 1.54) is 0 Å². The molecule has 0 amide bonds. The number of nitrogens with zero attached hydrogens (tertiary/aromatic N) is 5. The molecule has 0 saturated carbocycles. The van der Waals surface area contributed by atoms with Crippen LogP contribution in [0.4, 0.5) is 37.3 Å². The number of nitrogen functional groups attached to an aromatic ring is 1. The zero-order valence-corrected chi connectivity index (χ0v) is 24.0.